The van der Waals surface area contributed by atoms with Crippen LogP contribution in [-0.4, -0.2) is 39.8 Å². The second-order valence-electron chi connectivity index (χ2n) is 4.81. The first-order valence-corrected chi connectivity index (χ1v) is 6.72. The van der Waals surface area contributed by atoms with Crippen LogP contribution < -0.4 is 9.47 Å². The van der Waals surface area contributed by atoms with E-state index < -0.39 is 0 Å². The van der Waals surface area contributed by atoms with Gasteiger partial charge in [-0.1, -0.05) is 13.0 Å². The van der Waals surface area contributed by atoms with Gasteiger partial charge in [0, 0.05) is 20.0 Å². The van der Waals surface area contributed by atoms with Crippen molar-refractivity contribution in [3.05, 3.63) is 35.4 Å². The van der Waals surface area contributed by atoms with Gasteiger partial charge in [-0.15, -0.1) is 5.10 Å². The molecule has 7 heteroatoms. The Morgan fingerprint density at radius 1 is 1.38 bits per heavy atom. The highest BCUT2D eigenvalue weighted by Gasteiger charge is 2.19. The van der Waals surface area contributed by atoms with Crippen molar-refractivity contribution in [1.29, 1.82) is 0 Å². The number of aryl methyl sites for hydroxylation is 1. The molecule has 0 radical (unpaired) electrons. The summed E-state index contributed by atoms with van der Waals surface area (Å²) < 4.78 is 10.6. The number of aromatic nitrogens is 3. The Bertz CT molecular complexity index is 668. The summed E-state index contributed by atoms with van der Waals surface area (Å²) >= 11 is 0. The Kier molecular flexibility index (Phi) is 3.47. The van der Waals surface area contributed by atoms with Crippen LogP contribution in [0.5, 0.6) is 11.5 Å². The van der Waals surface area contributed by atoms with Gasteiger partial charge in [-0.25, -0.2) is 4.98 Å². The zero-order chi connectivity index (χ0) is 14.8. The lowest BCUT2D eigenvalue weighted by atomic mass is 10.2. The van der Waals surface area contributed by atoms with Crippen molar-refractivity contribution in [2.45, 2.75) is 19.9 Å². The molecular formula is C14H16N4O3. The molecule has 0 aliphatic carbocycles. The van der Waals surface area contributed by atoms with E-state index in [1.54, 1.807) is 11.9 Å². The summed E-state index contributed by atoms with van der Waals surface area (Å²) in [5, 5.41) is 6.68. The molecule has 1 aliphatic heterocycles. The quantitative estimate of drug-likeness (QED) is 0.919. The lowest BCUT2D eigenvalue weighted by Crippen LogP contribution is -2.27. The number of benzene rings is 1. The number of nitrogens with zero attached hydrogens (tertiary/aromatic N) is 3. The molecule has 0 spiro atoms. The molecule has 2 heterocycles. The topological polar surface area (TPSA) is 80.3 Å². The molecule has 0 saturated carbocycles. The minimum atomic E-state index is -0.219. The second kappa shape index (κ2) is 5.43. The molecule has 0 atom stereocenters. The van der Waals surface area contributed by atoms with Crippen molar-refractivity contribution >= 4 is 5.91 Å². The molecule has 110 valence electrons. The first-order valence-electron chi connectivity index (χ1n) is 6.72. The summed E-state index contributed by atoms with van der Waals surface area (Å²) in [6, 6.07) is 5.63. The van der Waals surface area contributed by atoms with Gasteiger partial charge in [0.05, 0.1) is 0 Å². The smallest absolute Gasteiger partial charge is 0.293 e. The molecule has 1 aromatic carbocycles. The zero-order valence-electron chi connectivity index (χ0n) is 11.9. The third-order valence-electron chi connectivity index (χ3n) is 3.26. The van der Waals surface area contributed by atoms with Crippen molar-refractivity contribution in [2.24, 2.45) is 0 Å². The first-order chi connectivity index (χ1) is 10.2. The maximum Gasteiger partial charge on any atom is 0.293 e. The summed E-state index contributed by atoms with van der Waals surface area (Å²) in [7, 11) is 1.72. The minimum Gasteiger partial charge on any atom is -0.454 e. The van der Waals surface area contributed by atoms with Crippen LogP contribution in [0.1, 0.15) is 28.9 Å². The fourth-order valence-electron chi connectivity index (χ4n) is 2.10. The molecule has 21 heavy (non-hydrogen) atoms. The normalized spacial score (nSPS) is 12.5. The number of H-pyrrole nitrogens is 1. The predicted molar refractivity (Wildman–Crippen MR) is 74.1 cm³/mol. The van der Waals surface area contributed by atoms with E-state index in [1.807, 2.05) is 25.1 Å². The van der Waals surface area contributed by atoms with Crippen molar-refractivity contribution in [3.8, 4) is 11.5 Å². The van der Waals surface area contributed by atoms with Gasteiger partial charge in [-0.2, -0.15) is 0 Å². The Hall–Kier alpha value is -2.57. The van der Waals surface area contributed by atoms with Crippen LogP contribution >= 0.6 is 0 Å². The zero-order valence-corrected chi connectivity index (χ0v) is 11.9. The highest BCUT2D eigenvalue weighted by molar-refractivity contribution is 5.90. The van der Waals surface area contributed by atoms with Crippen LogP contribution in [0.4, 0.5) is 0 Å². The van der Waals surface area contributed by atoms with Gasteiger partial charge in [0.1, 0.15) is 5.82 Å². The van der Waals surface area contributed by atoms with Gasteiger partial charge in [0.25, 0.3) is 5.91 Å². The molecular weight excluding hydrogens is 272 g/mol. The molecule has 1 aromatic heterocycles. The van der Waals surface area contributed by atoms with Crippen LogP contribution in [0.2, 0.25) is 0 Å². The van der Waals surface area contributed by atoms with E-state index >= 15 is 0 Å². The van der Waals surface area contributed by atoms with Crippen LogP contribution in [-0.2, 0) is 13.0 Å². The number of aromatic amines is 1. The summed E-state index contributed by atoms with van der Waals surface area (Å²) in [5.74, 6) is 2.11. The summed E-state index contributed by atoms with van der Waals surface area (Å²) in [6.45, 7) is 2.64. The van der Waals surface area contributed by atoms with E-state index in [0.29, 0.717) is 24.5 Å². The number of rotatable bonds is 4. The molecule has 1 N–H and O–H groups in total. The number of fused-ring (bicyclic) bond motifs is 1. The van der Waals surface area contributed by atoms with Crippen LogP contribution in [0.3, 0.4) is 0 Å². The molecule has 0 bridgehead atoms. The molecule has 2 aromatic rings. The van der Waals surface area contributed by atoms with Gasteiger partial charge in [0.2, 0.25) is 12.6 Å². The largest absolute Gasteiger partial charge is 0.454 e. The predicted octanol–water partition coefficient (Wildman–Crippen LogP) is 1.37. The molecule has 0 unspecified atom stereocenters. The summed E-state index contributed by atoms with van der Waals surface area (Å²) in [5.41, 5.74) is 0.960. The number of carbonyl (C=O) groups is 1. The number of carbonyl (C=O) groups excluding carboxylic acids is 1. The van der Waals surface area contributed by atoms with E-state index in [0.717, 1.165) is 11.3 Å². The van der Waals surface area contributed by atoms with E-state index in [9.17, 15) is 4.79 Å². The molecule has 3 rings (SSSR count). The monoisotopic (exact) mass is 288 g/mol. The van der Waals surface area contributed by atoms with E-state index in [4.69, 9.17) is 9.47 Å². The van der Waals surface area contributed by atoms with Crippen molar-refractivity contribution in [3.63, 3.8) is 0 Å². The fraction of sp³-hybridized carbons (Fsp3) is 0.357. The Balaban J connectivity index is 1.70. The minimum absolute atomic E-state index is 0.190. The van der Waals surface area contributed by atoms with Gasteiger partial charge in [-0.3, -0.25) is 9.89 Å². The summed E-state index contributed by atoms with van der Waals surface area (Å²) in [6.07, 6.45) is 0.714. The molecule has 7 nitrogen and oxygen atoms in total. The van der Waals surface area contributed by atoms with Crippen LogP contribution in [0.15, 0.2) is 18.2 Å². The first kappa shape index (κ1) is 13.4. The summed E-state index contributed by atoms with van der Waals surface area (Å²) in [4.78, 5) is 18.0. The number of amides is 1. The third-order valence-corrected chi connectivity index (χ3v) is 3.26. The number of nitrogens with one attached hydrogen (secondary N) is 1. The van der Waals surface area contributed by atoms with Gasteiger partial charge in [0.15, 0.2) is 11.5 Å². The second-order valence-corrected chi connectivity index (χ2v) is 4.81. The fourth-order valence-corrected chi connectivity index (χ4v) is 2.10. The van der Waals surface area contributed by atoms with E-state index in [2.05, 4.69) is 15.2 Å². The van der Waals surface area contributed by atoms with Gasteiger partial charge in [-0.05, 0) is 17.7 Å². The lowest BCUT2D eigenvalue weighted by molar-refractivity contribution is 0.0773. The number of hydrogen-bond donors (Lipinski definition) is 1. The van der Waals surface area contributed by atoms with E-state index in [1.165, 1.54) is 0 Å². The number of ether oxygens (including phenoxy) is 2. The average Bonchev–Trinajstić information content (AvgIpc) is 3.14. The third kappa shape index (κ3) is 2.67. The van der Waals surface area contributed by atoms with Crippen LogP contribution in [0.25, 0.3) is 0 Å². The maximum atomic E-state index is 12.2. The molecule has 1 aliphatic rings. The maximum absolute atomic E-state index is 12.2. The van der Waals surface area contributed by atoms with E-state index in [-0.39, 0.29) is 18.5 Å². The lowest BCUT2D eigenvalue weighted by Gasteiger charge is -2.15. The molecule has 0 fully saturated rings. The SMILES string of the molecule is CCc1nc(C(=O)N(C)Cc2ccc3c(c2)OCO3)n[nH]1. The molecule has 0 saturated heterocycles. The average molecular weight is 288 g/mol. The Morgan fingerprint density at radius 3 is 2.95 bits per heavy atom. The van der Waals surface area contributed by atoms with Gasteiger partial charge < -0.3 is 14.4 Å². The van der Waals surface area contributed by atoms with Crippen molar-refractivity contribution < 1.29 is 14.3 Å². The van der Waals surface area contributed by atoms with Crippen molar-refractivity contribution in [2.75, 3.05) is 13.8 Å². The highest BCUT2D eigenvalue weighted by Crippen LogP contribution is 2.32. The number of hydrogen-bond acceptors (Lipinski definition) is 5. The molecule has 1 amide bonds. The van der Waals surface area contributed by atoms with Gasteiger partial charge >= 0.3 is 0 Å². The van der Waals surface area contributed by atoms with Crippen LogP contribution in [0, 0.1) is 0 Å². The standard InChI is InChI=1S/C14H16N4O3/c1-3-12-15-13(17-16-12)14(19)18(2)7-9-4-5-10-11(6-9)21-8-20-10/h4-6H,3,7-8H2,1-2H3,(H,15,16,17). The Labute approximate surface area is 121 Å². The Morgan fingerprint density at radius 2 is 2.19 bits per heavy atom. The van der Waals surface area contributed by atoms with Crippen molar-refractivity contribution in [1.82, 2.24) is 20.1 Å². The highest BCUT2D eigenvalue weighted by atomic mass is 16.7.